The Morgan fingerprint density at radius 3 is 2.45 bits per heavy atom. The molecule has 0 spiro atoms. The van der Waals surface area contributed by atoms with E-state index in [1.807, 2.05) is 0 Å². The van der Waals surface area contributed by atoms with E-state index in [1.165, 1.54) is 0 Å². The summed E-state index contributed by atoms with van der Waals surface area (Å²) < 4.78 is 5.45. The Hall–Kier alpha value is -0.270. The number of halogens is 3. The molecule has 0 aliphatic carbocycles. The molecule has 0 saturated heterocycles. The number of thioether (sulfide) groups is 1. The molecular weight excluding hydrogens is 363 g/mol. The van der Waals surface area contributed by atoms with E-state index in [2.05, 4.69) is 4.98 Å². The number of ether oxygens (including phenoxy) is 1. The van der Waals surface area contributed by atoms with Crippen molar-refractivity contribution in [2.45, 2.75) is 11.8 Å². The minimum absolute atomic E-state index is 0.00812. The molecule has 20 heavy (non-hydrogen) atoms. The van der Waals surface area contributed by atoms with Crippen LogP contribution in [0.3, 0.4) is 0 Å². The topological polar surface area (TPSA) is 42.4 Å². The van der Waals surface area contributed by atoms with Gasteiger partial charge in [0, 0.05) is 14.1 Å². The summed E-state index contributed by atoms with van der Waals surface area (Å²) in [6.07, 6.45) is 0. The molecule has 9 heteroatoms. The predicted octanol–water partition coefficient (Wildman–Crippen LogP) is 4.16. The molecule has 0 amide bonds. The van der Waals surface area contributed by atoms with Crippen LogP contribution in [-0.2, 0) is 4.74 Å². The van der Waals surface area contributed by atoms with E-state index in [-0.39, 0.29) is 27.5 Å². The van der Waals surface area contributed by atoms with Crippen LogP contribution >= 0.6 is 58.8 Å². The van der Waals surface area contributed by atoms with E-state index in [4.69, 9.17) is 51.8 Å². The van der Waals surface area contributed by atoms with Gasteiger partial charge in [0.2, 0.25) is 0 Å². The van der Waals surface area contributed by atoms with Crippen molar-refractivity contribution in [2.24, 2.45) is 0 Å². The van der Waals surface area contributed by atoms with Crippen molar-refractivity contribution in [3.63, 3.8) is 0 Å². The van der Waals surface area contributed by atoms with Gasteiger partial charge in [-0.2, -0.15) is 0 Å². The average Bonchev–Trinajstić information content (AvgIpc) is 2.35. The van der Waals surface area contributed by atoms with Crippen LogP contribution in [0.25, 0.3) is 0 Å². The lowest BCUT2D eigenvalue weighted by Gasteiger charge is -2.16. The van der Waals surface area contributed by atoms with Crippen molar-refractivity contribution in [1.29, 1.82) is 0 Å². The maximum atomic E-state index is 12.0. The molecule has 1 aromatic heterocycles. The Labute approximate surface area is 141 Å². The van der Waals surface area contributed by atoms with Gasteiger partial charge in [0.05, 0.1) is 16.5 Å². The molecule has 1 rings (SSSR count). The Kier molecular flexibility index (Phi) is 6.81. The second-order valence-corrected chi connectivity index (χ2v) is 6.43. The SMILES string of the molecule is CCOC(=O)c1c(Cl)nc(Cl)c(Cl)c1SC(=S)N(C)C. The van der Waals surface area contributed by atoms with E-state index in [0.717, 1.165) is 11.8 Å². The molecule has 4 nitrogen and oxygen atoms in total. The summed E-state index contributed by atoms with van der Waals surface area (Å²) in [4.78, 5) is 17.8. The van der Waals surface area contributed by atoms with E-state index in [9.17, 15) is 4.79 Å². The van der Waals surface area contributed by atoms with Gasteiger partial charge in [-0.3, -0.25) is 0 Å². The first-order valence-electron chi connectivity index (χ1n) is 5.40. The first kappa shape index (κ1) is 17.8. The second-order valence-electron chi connectivity index (χ2n) is 3.69. The number of nitrogens with zero attached hydrogens (tertiary/aromatic N) is 2. The molecule has 0 aliphatic rings. The number of thiocarbonyl (C=S) groups is 1. The highest BCUT2D eigenvalue weighted by Gasteiger charge is 2.25. The van der Waals surface area contributed by atoms with Gasteiger partial charge >= 0.3 is 5.97 Å². The van der Waals surface area contributed by atoms with Crippen molar-refractivity contribution in [3.8, 4) is 0 Å². The Balaban J connectivity index is 3.37. The number of rotatable bonds is 3. The van der Waals surface area contributed by atoms with Gasteiger partial charge in [-0.25, -0.2) is 9.78 Å². The van der Waals surface area contributed by atoms with Gasteiger partial charge < -0.3 is 9.64 Å². The molecule has 110 valence electrons. The molecule has 0 aliphatic heterocycles. The van der Waals surface area contributed by atoms with E-state index in [0.29, 0.717) is 9.22 Å². The molecule has 0 saturated carbocycles. The quantitative estimate of drug-likeness (QED) is 0.343. The molecule has 1 heterocycles. The maximum absolute atomic E-state index is 12.0. The summed E-state index contributed by atoms with van der Waals surface area (Å²) in [6.45, 7) is 1.89. The fraction of sp³-hybridized carbons (Fsp3) is 0.364. The highest BCUT2D eigenvalue weighted by molar-refractivity contribution is 8.23. The molecule has 1 aromatic rings. The third-order valence-electron chi connectivity index (χ3n) is 2.04. The summed E-state index contributed by atoms with van der Waals surface area (Å²) in [5.74, 6) is -0.618. The van der Waals surface area contributed by atoms with E-state index < -0.39 is 5.97 Å². The van der Waals surface area contributed by atoms with Crippen LogP contribution in [0.2, 0.25) is 15.3 Å². The second kappa shape index (κ2) is 7.66. The maximum Gasteiger partial charge on any atom is 0.342 e. The molecule has 0 unspecified atom stereocenters. The van der Waals surface area contributed by atoms with Crippen LogP contribution in [0.5, 0.6) is 0 Å². The van der Waals surface area contributed by atoms with Gasteiger partial charge in [-0.15, -0.1) is 0 Å². The summed E-state index contributed by atoms with van der Waals surface area (Å²) >= 11 is 24.3. The summed E-state index contributed by atoms with van der Waals surface area (Å²) in [5.41, 5.74) is 0.0668. The van der Waals surface area contributed by atoms with E-state index in [1.54, 1.807) is 25.9 Å². The molecule has 0 N–H and O–H groups in total. The Morgan fingerprint density at radius 1 is 1.35 bits per heavy atom. The van der Waals surface area contributed by atoms with Crippen molar-refractivity contribution >= 4 is 69.1 Å². The number of carbonyl (C=O) groups is 1. The van der Waals surface area contributed by atoms with Crippen LogP contribution < -0.4 is 0 Å². The van der Waals surface area contributed by atoms with Gasteiger partial charge in [0.25, 0.3) is 0 Å². The van der Waals surface area contributed by atoms with Crippen molar-refractivity contribution in [2.75, 3.05) is 20.7 Å². The Morgan fingerprint density at radius 2 is 1.95 bits per heavy atom. The zero-order valence-electron chi connectivity index (χ0n) is 10.9. The van der Waals surface area contributed by atoms with E-state index >= 15 is 0 Å². The van der Waals surface area contributed by atoms with Crippen molar-refractivity contribution in [1.82, 2.24) is 9.88 Å². The lowest BCUT2D eigenvalue weighted by atomic mass is 10.3. The minimum Gasteiger partial charge on any atom is -0.462 e. The molecule has 0 fully saturated rings. The largest absolute Gasteiger partial charge is 0.462 e. The molecule has 0 radical (unpaired) electrons. The number of aromatic nitrogens is 1. The lowest BCUT2D eigenvalue weighted by molar-refractivity contribution is 0.0522. The molecular formula is C11H11Cl3N2O2S2. The Bertz CT molecular complexity index is 553. The van der Waals surface area contributed by atoms with Crippen LogP contribution in [0.4, 0.5) is 0 Å². The number of hydrogen-bond acceptors (Lipinski definition) is 5. The highest BCUT2D eigenvalue weighted by atomic mass is 35.5. The number of hydrogen-bond donors (Lipinski definition) is 0. The number of esters is 1. The zero-order chi connectivity index (χ0) is 15.4. The monoisotopic (exact) mass is 372 g/mol. The normalized spacial score (nSPS) is 10.3. The molecule has 0 atom stereocenters. The fourth-order valence-corrected chi connectivity index (χ4v) is 3.06. The summed E-state index contributed by atoms with van der Waals surface area (Å²) in [7, 11) is 3.55. The zero-order valence-corrected chi connectivity index (χ0v) is 14.8. The number of pyridine rings is 1. The average molecular weight is 374 g/mol. The van der Waals surface area contributed by atoms with Gasteiger partial charge in [0.15, 0.2) is 5.15 Å². The van der Waals surface area contributed by atoms with Gasteiger partial charge in [-0.05, 0) is 6.92 Å². The predicted molar refractivity (Wildman–Crippen MR) is 87.4 cm³/mol. The van der Waals surface area contributed by atoms with Crippen LogP contribution in [0.15, 0.2) is 4.90 Å². The molecule has 0 aromatic carbocycles. The van der Waals surface area contributed by atoms with Gasteiger partial charge in [-0.1, -0.05) is 58.8 Å². The summed E-state index contributed by atoms with van der Waals surface area (Å²) in [6, 6.07) is 0. The third kappa shape index (κ3) is 4.11. The summed E-state index contributed by atoms with van der Waals surface area (Å²) in [5, 5.41) is 0.0593. The first-order chi connectivity index (χ1) is 9.29. The lowest BCUT2D eigenvalue weighted by Crippen LogP contribution is -2.17. The fourth-order valence-electron chi connectivity index (χ4n) is 1.14. The molecule has 0 bridgehead atoms. The first-order valence-corrected chi connectivity index (χ1v) is 7.76. The van der Waals surface area contributed by atoms with Gasteiger partial charge in [0.1, 0.15) is 15.0 Å². The smallest absolute Gasteiger partial charge is 0.342 e. The van der Waals surface area contributed by atoms with Crippen molar-refractivity contribution < 1.29 is 9.53 Å². The third-order valence-corrected chi connectivity index (χ3v) is 4.94. The van der Waals surface area contributed by atoms with Crippen molar-refractivity contribution in [3.05, 3.63) is 20.9 Å². The van der Waals surface area contributed by atoms with Crippen LogP contribution in [0, 0.1) is 0 Å². The number of carbonyl (C=O) groups excluding carboxylic acids is 1. The van der Waals surface area contributed by atoms with Crippen LogP contribution in [0.1, 0.15) is 17.3 Å². The van der Waals surface area contributed by atoms with Crippen LogP contribution in [-0.4, -0.2) is 40.9 Å². The standard InChI is InChI=1S/C11H11Cl3N2O2S2/c1-4-18-10(17)5-7(20-11(19)16(2)3)6(12)9(14)15-8(5)13/h4H2,1-3H3. The highest BCUT2D eigenvalue weighted by Crippen LogP contribution is 2.39. The minimum atomic E-state index is -0.618.